The van der Waals surface area contributed by atoms with E-state index in [1.165, 1.54) is 20.0 Å². The van der Waals surface area contributed by atoms with Crippen LogP contribution in [0, 0.1) is 23.7 Å². The molecule has 0 unspecified atom stereocenters. The molecule has 0 bridgehead atoms. The summed E-state index contributed by atoms with van der Waals surface area (Å²) in [6.45, 7) is 15.2. The van der Waals surface area contributed by atoms with Crippen molar-refractivity contribution in [2.45, 2.75) is 137 Å². The number of benzene rings is 2. The Morgan fingerprint density at radius 3 is 1.78 bits per heavy atom. The summed E-state index contributed by atoms with van der Waals surface area (Å²) in [4.78, 5) is 153. The molecule has 0 saturated carbocycles. The van der Waals surface area contributed by atoms with Crippen LogP contribution < -0.4 is 48.3 Å². The predicted molar refractivity (Wildman–Crippen MR) is 288 cm³/mol. The molecule has 77 heavy (non-hydrogen) atoms. The Kier molecular flexibility index (Phi) is 25.2. The van der Waals surface area contributed by atoms with Crippen LogP contribution in [0.25, 0.3) is 12.2 Å². The van der Waals surface area contributed by atoms with E-state index >= 15 is 0 Å². The number of carbonyl (C=O) groups excluding carboxylic acids is 11. The fourth-order valence-corrected chi connectivity index (χ4v) is 8.16. The number of carbonyl (C=O) groups is 11. The van der Waals surface area contributed by atoms with E-state index < -0.39 is 151 Å². The minimum Gasteiger partial charge on any atom is -0.458 e. The van der Waals surface area contributed by atoms with E-state index in [-0.39, 0.29) is 18.8 Å². The van der Waals surface area contributed by atoms with Crippen LogP contribution >= 0.6 is 0 Å². The third-order valence-corrected chi connectivity index (χ3v) is 12.5. The summed E-state index contributed by atoms with van der Waals surface area (Å²) in [6.07, 6.45) is 3.87. The van der Waals surface area contributed by atoms with Crippen molar-refractivity contribution in [1.82, 2.24) is 47.4 Å². The molecule has 0 radical (unpaired) electrons. The average Bonchev–Trinajstić information content (AvgIpc) is 3.36. The molecule has 2 aromatic carbocycles. The second-order valence-corrected chi connectivity index (χ2v) is 20.4. The number of hydrogen-bond acceptors (Lipinski definition) is 12. The molecule has 1 fully saturated rings. The standard InChI is InChI=1S/C55H78N10O12/c1-12-18-36-21-16-17-22-37(36)23-24-42(67)61-48-34(10)77-55(76)39(25-30(2)3)60-52(73)46(32(6)7)62-44(69)29-57-43(68)28-58-51(72)45(31(4)5)63-50(71)40(26-35-19-14-13-15-20-35)65(11)54(75)47(33(8)9)64-49(70)38(27-41(56)66)59-53(48)74/h12-24,30-34,38-40,45-48H,25-29H2,1-11H3,(H2,56,66)(H,57,68)(H,58,72)(H,59,74)(H,60,73)(H,61,67)(H,62,69)(H,63,71)(H,64,70)/b18-12+,24-23+/t34-,38-,39+,40+,45-,46+,47+,48-/m1/s1. The van der Waals surface area contributed by atoms with Gasteiger partial charge in [0.25, 0.3) is 0 Å². The van der Waals surface area contributed by atoms with Crippen LogP contribution in [0.1, 0.15) is 98.8 Å². The van der Waals surface area contributed by atoms with Gasteiger partial charge < -0.3 is 57.9 Å². The summed E-state index contributed by atoms with van der Waals surface area (Å²) in [5, 5.41) is 20.4. The van der Waals surface area contributed by atoms with Gasteiger partial charge in [-0.3, -0.25) is 47.9 Å². The number of hydrogen-bond donors (Lipinski definition) is 9. The number of nitrogens with one attached hydrogen (secondary N) is 8. The lowest BCUT2D eigenvalue weighted by Crippen LogP contribution is -2.62. The van der Waals surface area contributed by atoms with Gasteiger partial charge in [-0.25, -0.2) is 4.79 Å². The summed E-state index contributed by atoms with van der Waals surface area (Å²) >= 11 is 0. The van der Waals surface area contributed by atoms with Crippen LogP contribution in [0.2, 0.25) is 0 Å². The molecule has 0 spiro atoms. The van der Waals surface area contributed by atoms with E-state index in [4.69, 9.17) is 10.5 Å². The summed E-state index contributed by atoms with van der Waals surface area (Å²) in [5.41, 5.74) is 7.65. The summed E-state index contributed by atoms with van der Waals surface area (Å²) < 4.78 is 5.82. The Labute approximate surface area is 450 Å². The Hall–Kier alpha value is -7.91. The molecular formula is C55H78N10O12. The van der Waals surface area contributed by atoms with E-state index in [2.05, 4.69) is 42.5 Å². The number of cyclic esters (lactones) is 1. The molecule has 0 aromatic heterocycles. The van der Waals surface area contributed by atoms with Crippen LogP contribution in [-0.4, -0.2) is 138 Å². The van der Waals surface area contributed by atoms with Crippen molar-refractivity contribution >= 4 is 77.2 Å². The van der Waals surface area contributed by atoms with Gasteiger partial charge in [-0.2, -0.15) is 0 Å². The normalized spacial score (nSPS) is 23.8. The first-order valence-electron chi connectivity index (χ1n) is 25.8. The highest BCUT2D eigenvalue weighted by molar-refractivity contribution is 6.00. The quantitative estimate of drug-likeness (QED) is 0.0994. The van der Waals surface area contributed by atoms with Crippen LogP contribution in [0.5, 0.6) is 0 Å². The molecule has 2 aromatic rings. The number of allylic oxidation sites excluding steroid dienone is 1. The monoisotopic (exact) mass is 1070 g/mol. The lowest BCUT2D eigenvalue weighted by atomic mass is 9.97. The van der Waals surface area contributed by atoms with E-state index in [1.54, 1.807) is 97.9 Å². The van der Waals surface area contributed by atoms with Crippen molar-refractivity contribution in [2.75, 3.05) is 20.1 Å². The molecule has 0 aliphatic carbocycles. The molecule has 22 nitrogen and oxygen atoms in total. The number of primary amides is 1. The minimum absolute atomic E-state index is 0.00946. The van der Waals surface area contributed by atoms with Gasteiger partial charge in [0.1, 0.15) is 48.4 Å². The van der Waals surface area contributed by atoms with Crippen molar-refractivity contribution in [3.63, 3.8) is 0 Å². The topological polar surface area (TPSA) is 322 Å². The zero-order chi connectivity index (χ0) is 57.7. The first kappa shape index (κ1) is 63.4. The summed E-state index contributed by atoms with van der Waals surface area (Å²) in [5.74, 6) is -11.8. The van der Waals surface area contributed by atoms with E-state index in [9.17, 15) is 52.7 Å². The maximum atomic E-state index is 14.6. The first-order chi connectivity index (χ1) is 36.2. The maximum Gasteiger partial charge on any atom is 0.328 e. The molecule has 1 aliphatic rings. The molecule has 10 N–H and O–H groups in total. The second-order valence-electron chi connectivity index (χ2n) is 20.4. The molecule has 1 heterocycles. The van der Waals surface area contributed by atoms with E-state index in [0.29, 0.717) is 11.1 Å². The highest BCUT2D eigenvalue weighted by Crippen LogP contribution is 2.17. The number of likely N-dealkylation sites (N-methyl/N-ethyl adjacent to an activating group) is 1. The average molecular weight is 1070 g/mol. The van der Waals surface area contributed by atoms with E-state index in [0.717, 1.165) is 16.5 Å². The predicted octanol–water partition coefficient (Wildman–Crippen LogP) is 0.779. The smallest absolute Gasteiger partial charge is 0.328 e. The van der Waals surface area contributed by atoms with Crippen molar-refractivity contribution in [3.8, 4) is 0 Å². The minimum atomic E-state index is -1.79. The Morgan fingerprint density at radius 2 is 1.21 bits per heavy atom. The number of nitrogens with two attached hydrogens (primary N) is 1. The van der Waals surface area contributed by atoms with Gasteiger partial charge in [0.05, 0.1) is 19.5 Å². The lowest BCUT2D eigenvalue weighted by Gasteiger charge is -2.34. The number of esters is 1. The molecule has 3 rings (SSSR count). The van der Waals surface area contributed by atoms with Crippen molar-refractivity contribution < 1.29 is 57.5 Å². The zero-order valence-corrected chi connectivity index (χ0v) is 45.9. The third-order valence-electron chi connectivity index (χ3n) is 12.5. The van der Waals surface area contributed by atoms with Gasteiger partial charge in [0.2, 0.25) is 59.1 Å². The SMILES string of the molecule is C/C=C/c1ccccc1/C=C/C(=O)N[C@H]1C(=O)N[C@H](CC(N)=O)C(=O)N[C@@H](C(C)C)C(=O)N(C)[C@@H](Cc2ccccc2)C(=O)N[C@H](C(C)C)C(=O)NCC(=O)NCC(=O)N[C@@H](C(C)C)C(=O)N[C@@H](CC(C)C)C(=O)O[C@@H]1C. The fourth-order valence-electron chi connectivity index (χ4n) is 8.16. The Balaban J connectivity index is 2.19. The van der Waals surface area contributed by atoms with E-state index in [1.807, 2.05) is 31.2 Å². The zero-order valence-electron chi connectivity index (χ0n) is 45.9. The second kappa shape index (κ2) is 30.6. The fraction of sp³-hybridized carbons (Fsp3) is 0.509. The first-order valence-corrected chi connectivity index (χ1v) is 25.8. The molecule has 1 aliphatic heterocycles. The van der Waals surface area contributed by atoms with Crippen LogP contribution in [-0.2, 0) is 63.9 Å². The number of amides is 10. The van der Waals surface area contributed by atoms with Gasteiger partial charge in [0.15, 0.2) is 0 Å². The Bertz CT molecular complexity index is 2490. The maximum absolute atomic E-state index is 14.6. The Morgan fingerprint density at radius 1 is 0.662 bits per heavy atom. The van der Waals surface area contributed by atoms with Gasteiger partial charge in [-0.15, -0.1) is 0 Å². The van der Waals surface area contributed by atoms with Gasteiger partial charge in [-0.05, 0) is 66.7 Å². The highest BCUT2D eigenvalue weighted by atomic mass is 16.5. The lowest BCUT2D eigenvalue weighted by molar-refractivity contribution is -0.156. The highest BCUT2D eigenvalue weighted by Gasteiger charge is 2.40. The summed E-state index contributed by atoms with van der Waals surface area (Å²) in [7, 11) is 1.34. The van der Waals surface area contributed by atoms with Crippen LogP contribution in [0.4, 0.5) is 0 Å². The largest absolute Gasteiger partial charge is 0.458 e. The number of nitrogens with zero attached hydrogens (tertiary/aromatic N) is 1. The molecule has 8 atom stereocenters. The molecule has 1 saturated heterocycles. The molecule has 420 valence electrons. The van der Waals surface area contributed by atoms with Crippen molar-refractivity contribution in [2.24, 2.45) is 29.4 Å². The molecule has 22 heteroatoms. The summed E-state index contributed by atoms with van der Waals surface area (Å²) in [6, 6.07) is 5.70. The van der Waals surface area contributed by atoms with Crippen LogP contribution in [0.3, 0.4) is 0 Å². The van der Waals surface area contributed by atoms with Gasteiger partial charge >= 0.3 is 5.97 Å². The third kappa shape index (κ3) is 20.3. The van der Waals surface area contributed by atoms with Crippen molar-refractivity contribution in [1.29, 1.82) is 0 Å². The van der Waals surface area contributed by atoms with Gasteiger partial charge in [0, 0.05) is 19.5 Å². The van der Waals surface area contributed by atoms with Gasteiger partial charge in [-0.1, -0.05) is 122 Å². The van der Waals surface area contributed by atoms with Crippen molar-refractivity contribution in [3.05, 3.63) is 83.4 Å². The number of rotatable bonds is 13. The molecule has 10 amide bonds. The number of ether oxygens (including phenoxy) is 1. The van der Waals surface area contributed by atoms with Crippen LogP contribution in [0.15, 0.2) is 66.7 Å². The molecular weight excluding hydrogens is 993 g/mol.